The monoisotopic (exact) mass is 390 g/mol. The lowest BCUT2D eigenvalue weighted by molar-refractivity contribution is -0.0423. The van der Waals surface area contributed by atoms with Crippen LogP contribution in [0, 0.1) is 13.8 Å². The van der Waals surface area contributed by atoms with Crippen molar-refractivity contribution in [2.45, 2.75) is 55.4 Å². The fraction of sp³-hybridized carbons (Fsp3) is 0.550. The van der Waals surface area contributed by atoms with Gasteiger partial charge in [0, 0.05) is 6.61 Å². The number of benzene rings is 1. The SMILES string of the molecule is Cc1cccc(S(=O)(=O)[C@@]2(C)CCO[C@H](c3cc(C)nn3C3COC3)C2)c1. The summed E-state index contributed by atoms with van der Waals surface area (Å²) < 4.78 is 39.3. The Morgan fingerprint density at radius 1 is 1.22 bits per heavy atom. The van der Waals surface area contributed by atoms with Gasteiger partial charge in [-0.2, -0.15) is 5.10 Å². The van der Waals surface area contributed by atoms with E-state index in [0.717, 1.165) is 17.0 Å². The summed E-state index contributed by atoms with van der Waals surface area (Å²) in [6.07, 6.45) is 0.617. The molecule has 27 heavy (non-hydrogen) atoms. The Morgan fingerprint density at radius 3 is 2.67 bits per heavy atom. The molecule has 0 radical (unpaired) electrons. The molecular formula is C20H26N2O4S. The molecule has 1 aromatic carbocycles. The van der Waals surface area contributed by atoms with E-state index in [2.05, 4.69) is 5.10 Å². The minimum atomic E-state index is -3.48. The largest absolute Gasteiger partial charge is 0.377 e. The third-order valence-electron chi connectivity index (χ3n) is 5.70. The number of hydrogen-bond donors (Lipinski definition) is 0. The maximum atomic E-state index is 13.4. The second-order valence-corrected chi connectivity index (χ2v) is 10.4. The summed E-state index contributed by atoms with van der Waals surface area (Å²) in [5, 5.41) is 4.59. The van der Waals surface area contributed by atoms with Gasteiger partial charge in [0.25, 0.3) is 0 Å². The van der Waals surface area contributed by atoms with Crippen molar-refractivity contribution in [2.75, 3.05) is 19.8 Å². The van der Waals surface area contributed by atoms with Crippen molar-refractivity contribution in [3.05, 3.63) is 47.3 Å². The topological polar surface area (TPSA) is 70.4 Å². The Labute approximate surface area is 160 Å². The Morgan fingerprint density at radius 2 is 2.00 bits per heavy atom. The van der Waals surface area contributed by atoms with Gasteiger partial charge in [-0.3, -0.25) is 4.68 Å². The first-order chi connectivity index (χ1) is 12.8. The van der Waals surface area contributed by atoms with Crippen LogP contribution in [0.3, 0.4) is 0 Å². The molecule has 0 unspecified atom stereocenters. The molecule has 0 bridgehead atoms. The molecule has 2 atom stereocenters. The van der Waals surface area contributed by atoms with Crippen LogP contribution in [0.2, 0.25) is 0 Å². The van der Waals surface area contributed by atoms with Gasteiger partial charge in [0.05, 0.1) is 40.3 Å². The van der Waals surface area contributed by atoms with E-state index < -0.39 is 14.6 Å². The fourth-order valence-electron chi connectivity index (χ4n) is 3.91. The van der Waals surface area contributed by atoms with Crippen molar-refractivity contribution < 1.29 is 17.9 Å². The van der Waals surface area contributed by atoms with Crippen LogP contribution in [0.25, 0.3) is 0 Å². The molecule has 0 amide bonds. The smallest absolute Gasteiger partial charge is 0.184 e. The summed E-state index contributed by atoms with van der Waals surface area (Å²) in [4.78, 5) is 0.391. The highest BCUT2D eigenvalue weighted by molar-refractivity contribution is 7.92. The van der Waals surface area contributed by atoms with Gasteiger partial charge in [-0.25, -0.2) is 8.42 Å². The summed E-state index contributed by atoms with van der Waals surface area (Å²) in [6.45, 7) is 7.40. The van der Waals surface area contributed by atoms with Crippen LogP contribution in [0.5, 0.6) is 0 Å². The zero-order valence-electron chi connectivity index (χ0n) is 16.0. The van der Waals surface area contributed by atoms with Crippen LogP contribution < -0.4 is 0 Å². The second-order valence-electron chi connectivity index (χ2n) is 7.93. The summed E-state index contributed by atoms with van der Waals surface area (Å²) in [6, 6.07) is 9.38. The Hall–Kier alpha value is -1.70. The molecule has 2 fully saturated rings. The molecule has 2 aliphatic heterocycles. The molecule has 1 aromatic heterocycles. The van der Waals surface area contributed by atoms with E-state index in [9.17, 15) is 8.42 Å². The molecule has 6 nitrogen and oxygen atoms in total. The second kappa shape index (κ2) is 6.72. The Bertz CT molecular complexity index is 949. The number of aromatic nitrogens is 2. The van der Waals surface area contributed by atoms with Gasteiger partial charge in [0.2, 0.25) is 0 Å². The van der Waals surface area contributed by atoms with Crippen molar-refractivity contribution in [1.29, 1.82) is 0 Å². The minimum Gasteiger partial charge on any atom is -0.377 e. The molecule has 7 heteroatoms. The predicted octanol–water partition coefficient (Wildman–Crippen LogP) is 3.16. The average Bonchev–Trinajstić information content (AvgIpc) is 2.94. The molecule has 2 aromatic rings. The van der Waals surface area contributed by atoms with E-state index in [-0.39, 0.29) is 12.1 Å². The molecule has 0 aliphatic carbocycles. The molecule has 0 spiro atoms. The molecular weight excluding hydrogens is 364 g/mol. The van der Waals surface area contributed by atoms with Crippen LogP contribution in [-0.4, -0.2) is 42.8 Å². The van der Waals surface area contributed by atoms with Crippen molar-refractivity contribution in [1.82, 2.24) is 9.78 Å². The number of hydrogen-bond acceptors (Lipinski definition) is 5. The first kappa shape index (κ1) is 18.7. The summed E-state index contributed by atoms with van der Waals surface area (Å²) in [7, 11) is -3.48. The lowest BCUT2D eigenvalue weighted by Gasteiger charge is -2.38. The maximum Gasteiger partial charge on any atom is 0.184 e. The van der Waals surface area contributed by atoms with Gasteiger partial charge in [-0.1, -0.05) is 12.1 Å². The molecule has 3 heterocycles. The average molecular weight is 391 g/mol. The maximum absolute atomic E-state index is 13.4. The van der Waals surface area contributed by atoms with Gasteiger partial charge in [0.1, 0.15) is 6.10 Å². The number of ether oxygens (including phenoxy) is 2. The van der Waals surface area contributed by atoms with E-state index in [1.165, 1.54) is 0 Å². The highest BCUT2D eigenvalue weighted by atomic mass is 32.2. The zero-order chi connectivity index (χ0) is 19.2. The van der Waals surface area contributed by atoms with Gasteiger partial charge in [-0.15, -0.1) is 0 Å². The predicted molar refractivity (Wildman–Crippen MR) is 102 cm³/mol. The van der Waals surface area contributed by atoms with E-state index in [0.29, 0.717) is 37.6 Å². The quantitative estimate of drug-likeness (QED) is 0.802. The Kier molecular flexibility index (Phi) is 4.64. The normalized spacial score (nSPS) is 26.7. The molecule has 146 valence electrons. The van der Waals surface area contributed by atoms with Gasteiger partial charge in [0.15, 0.2) is 9.84 Å². The van der Waals surface area contributed by atoms with Gasteiger partial charge < -0.3 is 9.47 Å². The van der Waals surface area contributed by atoms with Crippen LogP contribution in [0.1, 0.15) is 48.9 Å². The highest BCUT2D eigenvalue weighted by Crippen LogP contribution is 2.42. The van der Waals surface area contributed by atoms with E-state index >= 15 is 0 Å². The number of sulfone groups is 1. The van der Waals surface area contributed by atoms with Gasteiger partial charge >= 0.3 is 0 Å². The number of aryl methyl sites for hydroxylation is 2. The van der Waals surface area contributed by atoms with Crippen molar-refractivity contribution in [3.63, 3.8) is 0 Å². The minimum absolute atomic E-state index is 0.207. The Balaban J connectivity index is 1.66. The van der Waals surface area contributed by atoms with Crippen molar-refractivity contribution in [3.8, 4) is 0 Å². The molecule has 4 rings (SSSR count). The van der Waals surface area contributed by atoms with Crippen molar-refractivity contribution >= 4 is 9.84 Å². The third-order valence-corrected chi connectivity index (χ3v) is 8.24. The van der Waals surface area contributed by atoms with Crippen LogP contribution in [-0.2, 0) is 19.3 Å². The molecule has 0 saturated carbocycles. The van der Waals surface area contributed by atoms with Gasteiger partial charge in [-0.05, 0) is 57.4 Å². The molecule has 2 saturated heterocycles. The summed E-state index contributed by atoms with van der Waals surface area (Å²) in [5.74, 6) is 0. The number of nitrogens with zero attached hydrogens (tertiary/aromatic N) is 2. The zero-order valence-corrected chi connectivity index (χ0v) is 16.8. The lowest BCUT2D eigenvalue weighted by atomic mass is 9.94. The molecule has 0 N–H and O–H groups in total. The van der Waals surface area contributed by atoms with Crippen molar-refractivity contribution in [2.24, 2.45) is 0 Å². The van der Waals surface area contributed by atoms with Crippen LogP contribution >= 0.6 is 0 Å². The standard InChI is InChI=1S/C20H26N2O4S/c1-14-5-4-6-17(9-14)27(23,24)20(3)7-8-26-19(11-20)18-10-15(2)21-22(18)16-12-25-13-16/h4-6,9-10,16,19H,7-8,11-13H2,1-3H3/t19-,20-/m0/s1. The highest BCUT2D eigenvalue weighted by Gasteiger charge is 2.46. The fourth-order valence-corrected chi connectivity index (χ4v) is 5.80. The first-order valence-corrected chi connectivity index (χ1v) is 10.9. The summed E-state index contributed by atoms with van der Waals surface area (Å²) >= 11 is 0. The van der Waals surface area contributed by atoms with E-state index in [4.69, 9.17) is 9.47 Å². The lowest BCUT2D eigenvalue weighted by Crippen LogP contribution is -2.43. The third kappa shape index (κ3) is 3.22. The molecule has 2 aliphatic rings. The summed E-state index contributed by atoms with van der Waals surface area (Å²) in [5.41, 5.74) is 2.81. The number of rotatable bonds is 4. The van der Waals surface area contributed by atoms with Crippen LogP contribution in [0.4, 0.5) is 0 Å². The van der Waals surface area contributed by atoms with Crippen LogP contribution in [0.15, 0.2) is 35.2 Å². The first-order valence-electron chi connectivity index (χ1n) is 9.37. The van der Waals surface area contributed by atoms with E-state index in [1.54, 1.807) is 18.2 Å². The van der Waals surface area contributed by atoms with E-state index in [1.807, 2.05) is 37.6 Å².